The highest BCUT2D eigenvalue weighted by Gasteiger charge is 2.54. The van der Waals surface area contributed by atoms with Gasteiger partial charge in [-0.1, -0.05) is 13.0 Å². The minimum absolute atomic E-state index is 0.151. The Morgan fingerprint density at radius 3 is 2.23 bits per heavy atom. The van der Waals surface area contributed by atoms with E-state index in [0.717, 1.165) is 13.2 Å². The van der Waals surface area contributed by atoms with Crippen LogP contribution in [0.2, 0.25) is 0 Å². The van der Waals surface area contributed by atoms with Crippen molar-refractivity contribution < 1.29 is 41.3 Å². The van der Waals surface area contributed by atoms with Crippen LogP contribution in [0.1, 0.15) is 25.3 Å². The second-order valence-electron chi connectivity index (χ2n) is 5.62. The van der Waals surface area contributed by atoms with Crippen molar-refractivity contribution in [3.8, 4) is 5.75 Å². The van der Waals surface area contributed by atoms with E-state index in [-0.39, 0.29) is 11.3 Å². The van der Waals surface area contributed by atoms with Crippen LogP contribution in [0.4, 0.5) is 22.0 Å². The van der Waals surface area contributed by atoms with Crippen molar-refractivity contribution in [1.29, 1.82) is 0 Å². The summed E-state index contributed by atoms with van der Waals surface area (Å²) in [5.74, 6) is -5.41. The molecule has 4 nitrogen and oxygen atoms in total. The molecule has 1 saturated heterocycles. The van der Waals surface area contributed by atoms with Gasteiger partial charge in [0.15, 0.2) is 17.7 Å². The molecule has 4 atom stereocenters. The van der Waals surface area contributed by atoms with Crippen molar-refractivity contribution in [3.63, 3.8) is 0 Å². The molecule has 0 radical (unpaired) electrons. The van der Waals surface area contributed by atoms with E-state index in [1.807, 2.05) is 0 Å². The molecular weight excluding hydrogens is 363 g/mol. The molecule has 0 saturated carbocycles. The van der Waals surface area contributed by atoms with Crippen molar-refractivity contribution in [2.45, 2.75) is 31.5 Å². The number of carboxylic acid groups (broad SMARTS) is 1. The zero-order valence-corrected chi connectivity index (χ0v) is 15.2. The molecule has 1 aromatic carbocycles. The fourth-order valence-corrected chi connectivity index (χ4v) is 2.92. The van der Waals surface area contributed by atoms with E-state index in [0.29, 0.717) is 14.4 Å². The summed E-state index contributed by atoms with van der Waals surface area (Å²) in [4.78, 5) is 11.4. The largest absolute Gasteiger partial charge is 0.493 e. The molecule has 1 aliphatic rings. The molecule has 1 heterocycles. The summed E-state index contributed by atoms with van der Waals surface area (Å²) >= 11 is 0. The number of carboxylic acids is 1. The van der Waals surface area contributed by atoms with Crippen molar-refractivity contribution in [1.82, 2.24) is 0 Å². The highest BCUT2D eigenvalue weighted by Crippen LogP contribution is 2.49. The van der Waals surface area contributed by atoms with Crippen LogP contribution < -0.4 is 4.74 Å². The first kappa shape index (κ1) is 24.1. The summed E-state index contributed by atoms with van der Waals surface area (Å²) in [6.45, 7) is 2.19. The lowest BCUT2D eigenvalue weighted by Crippen LogP contribution is -2.34. The number of methoxy groups -OCH3 is 1. The van der Waals surface area contributed by atoms with Crippen LogP contribution in [0.15, 0.2) is 12.1 Å². The van der Waals surface area contributed by atoms with Crippen LogP contribution in [0.25, 0.3) is 0 Å². The van der Waals surface area contributed by atoms with Crippen molar-refractivity contribution >= 4 is 5.97 Å². The molecule has 0 aliphatic carbocycles. The SMILES string of the molecule is CF.CF.COc1c(C2C(C(=O)O)O[C@@](C)(CF)C2C)ccc(F)c1F. The molecule has 1 aliphatic heterocycles. The molecule has 0 bridgehead atoms. The average Bonchev–Trinajstić information content (AvgIpc) is 2.93. The summed E-state index contributed by atoms with van der Waals surface area (Å²) in [7, 11) is 2.16. The van der Waals surface area contributed by atoms with Crippen LogP contribution in [0, 0.1) is 17.6 Å². The quantitative estimate of drug-likeness (QED) is 0.793. The van der Waals surface area contributed by atoms with Gasteiger partial charge in [0, 0.05) is 11.5 Å². The number of benzene rings is 1. The van der Waals surface area contributed by atoms with Gasteiger partial charge in [-0.3, -0.25) is 8.78 Å². The average molecular weight is 386 g/mol. The second kappa shape index (κ2) is 10.3. The summed E-state index contributed by atoms with van der Waals surface area (Å²) in [5, 5.41) is 9.32. The Balaban J connectivity index is 0.00000146. The van der Waals surface area contributed by atoms with E-state index in [9.17, 15) is 31.9 Å². The highest BCUT2D eigenvalue weighted by molar-refractivity contribution is 5.75. The number of ether oxygens (including phenoxy) is 2. The summed E-state index contributed by atoms with van der Waals surface area (Å²) in [6.07, 6.45) is -1.37. The monoisotopic (exact) mass is 386 g/mol. The first-order chi connectivity index (χ1) is 12.3. The van der Waals surface area contributed by atoms with Crippen molar-refractivity contribution in [3.05, 3.63) is 29.3 Å². The first-order valence-corrected chi connectivity index (χ1v) is 7.51. The van der Waals surface area contributed by atoms with E-state index in [4.69, 9.17) is 9.47 Å². The molecule has 26 heavy (non-hydrogen) atoms. The van der Waals surface area contributed by atoms with Gasteiger partial charge in [-0.2, -0.15) is 4.39 Å². The molecule has 150 valence electrons. The zero-order valence-electron chi connectivity index (χ0n) is 15.2. The third kappa shape index (κ3) is 4.44. The van der Waals surface area contributed by atoms with Gasteiger partial charge in [-0.05, 0) is 18.9 Å². The maximum Gasteiger partial charge on any atom is 0.333 e. The highest BCUT2D eigenvalue weighted by atomic mass is 19.2. The van der Waals surface area contributed by atoms with Gasteiger partial charge in [0.2, 0.25) is 5.82 Å². The summed E-state index contributed by atoms with van der Waals surface area (Å²) in [6, 6.07) is 2.14. The molecule has 1 N–H and O–H groups in total. The molecule has 0 amide bonds. The number of hydrogen-bond acceptors (Lipinski definition) is 3. The number of hydrogen-bond donors (Lipinski definition) is 1. The van der Waals surface area contributed by atoms with Gasteiger partial charge in [-0.15, -0.1) is 0 Å². The second-order valence-corrected chi connectivity index (χ2v) is 5.62. The lowest BCUT2D eigenvalue weighted by Gasteiger charge is -2.26. The Morgan fingerprint density at radius 1 is 1.27 bits per heavy atom. The Hall–Kier alpha value is -1.90. The fourth-order valence-electron chi connectivity index (χ4n) is 2.92. The number of aliphatic carboxylic acids is 1. The van der Waals surface area contributed by atoms with Gasteiger partial charge >= 0.3 is 5.97 Å². The van der Waals surface area contributed by atoms with Crippen molar-refractivity contribution in [2.75, 3.05) is 28.1 Å². The fraction of sp³-hybridized carbons (Fsp3) is 0.588. The van der Waals surface area contributed by atoms with Crippen LogP contribution in [0.3, 0.4) is 0 Å². The number of halogens is 5. The van der Waals surface area contributed by atoms with Crippen LogP contribution in [0.5, 0.6) is 5.75 Å². The molecule has 2 rings (SSSR count). The van der Waals surface area contributed by atoms with Crippen LogP contribution in [-0.4, -0.2) is 50.9 Å². The third-order valence-corrected chi connectivity index (χ3v) is 4.38. The molecular formula is C17H23F5O4. The Bertz CT molecular complexity index is 599. The van der Waals surface area contributed by atoms with E-state index in [2.05, 4.69) is 0 Å². The Kier molecular flexibility index (Phi) is 9.55. The first-order valence-electron chi connectivity index (χ1n) is 7.51. The molecule has 0 aromatic heterocycles. The maximum atomic E-state index is 13.9. The molecule has 1 aromatic rings. The van der Waals surface area contributed by atoms with E-state index < -0.39 is 47.8 Å². The molecule has 1 fully saturated rings. The molecule has 3 unspecified atom stereocenters. The van der Waals surface area contributed by atoms with Gasteiger partial charge in [0.1, 0.15) is 6.67 Å². The van der Waals surface area contributed by atoms with Gasteiger partial charge in [0.25, 0.3) is 0 Å². The molecule has 0 spiro atoms. The van der Waals surface area contributed by atoms with Gasteiger partial charge in [0.05, 0.1) is 27.1 Å². The van der Waals surface area contributed by atoms with Crippen LogP contribution in [-0.2, 0) is 9.53 Å². The number of carbonyl (C=O) groups is 1. The molecule has 9 heteroatoms. The normalized spacial score (nSPS) is 26.9. The van der Waals surface area contributed by atoms with Crippen molar-refractivity contribution in [2.24, 2.45) is 5.92 Å². The minimum Gasteiger partial charge on any atom is -0.493 e. The minimum atomic E-state index is -1.37. The summed E-state index contributed by atoms with van der Waals surface area (Å²) in [5.41, 5.74) is -1.16. The topological polar surface area (TPSA) is 55.8 Å². The maximum absolute atomic E-state index is 13.9. The number of alkyl halides is 3. The van der Waals surface area contributed by atoms with E-state index >= 15 is 0 Å². The lowest BCUT2D eigenvalue weighted by molar-refractivity contribution is -0.155. The third-order valence-electron chi connectivity index (χ3n) is 4.38. The van der Waals surface area contributed by atoms with Gasteiger partial charge < -0.3 is 14.6 Å². The Labute approximate surface area is 148 Å². The zero-order chi connectivity index (χ0) is 20.7. The Morgan fingerprint density at radius 2 is 1.81 bits per heavy atom. The predicted octanol–water partition coefficient (Wildman–Crippen LogP) is 4.08. The van der Waals surface area contributed by atoms with Gasteiger partial charge in [-0.25, -0.2) is 13.6 Å². The standard InChI is InChI=1S/C15H17F3O4.2CH3F/c1-7-10(13(14(19)20)22-15(7,2)6-16)8-4-5-9(17)11(18)12(8)21-3;2*1-2/h4-5,7,10,13H,6H2,1-3H3,(H,19,20);2*1H3/t7?,10?,13?,15-;;/m0../s1. The van der Waals surface area contributed by atoms with Crippen LogP contribution >= 0.6 is 0 Å². The van der Waals surface area contributed by atoms with E-state index in [1.54, 1.807) is 6.92 Å². The smallest absolute Gasteiger partial charge is 0.333 e. The number of rotatable bonds is 4. The predicted molar refractivity (Wildman–Crippen MR) is 85.8 cm³/mol. The van der Waals surface area contributed by atoms with E-state index in [1.165, 1.54) is 13.0 Å². The lowest BCUT2D eigenvalue weighted by atomic mass is 9.78. The summed E-state index contributed by atoms with van der Waals surface area (Å²) < 4.78 is 69.8.